The molecule has 88 valence electrons. The highest BCUT2D eigenvalue weighted by Crippen LogP contribution is 2.51. The Morgan fingerprint density at radius 2 is 2.25 bits per heavy atom. The summed E-state index contributed by atoms with van der Waals surface area (Å²) in [6, 6.07) is 0. The SMILES string of the molecule is C=C(C)C1CC(=N)C2=CCCC(C)C2(C)C1. The van der Waals surface area contributed by atoms with Gasteiger partial charge in [0, 0.05) is 5.71 Å². The Kier molecular flexibility index (Phi) is 2.81. The highest BCUT2D eigenvalue weighted by molar-refractivity contribution is 6.00. The van der Waals surface area contributed by atoms with Crippen LogP contribution in [-0.2, 0) is 0 Å². The Hall–Kier alpha value is -0.850. The Morgan fingerprint density at radius 3 is 2.88 bits per heavy atom. The number of fused-ring (bicyclic) bond motifs is 1. The van der Waals surface area contributed by atoms with Crippen LogP contribution in [0.15, 0.2) is 23.8 Å². The van der Waals surface area contributed by atoms with Gasteiger partial charge in [-0.2, -0.15) is 0 Å². The van der Waals surface area contributed by atoms with Gasteiger partial charge in [-0.15, -0.1) is 0 Å². The first kappa shape index (κ1) is 11.6. The maximum atomic E-state index is 8.24. The maximum absolute atomic E-state index is 8.24. The predicted molar refractivity (Wildman–Crippen MR) is 69.9 cm³/mol. The normalized spacial score (nSPS) is 38.9. The van der Waals surface area contributed by atoms with Crippen molar-refractivity contribution >= 4 is 5.71 Å². The Morgan fingerprint density at radius 1 is 1.56 bits per heavy atom. The fraction of sp³-hybridized carbons (Fsp3) is 0.667. The van der Waals surface area contributed by atoms with Crippen molar-refractivity contribution in [3.05, 3.63) is 23.8 Å². The molecule has 0 heterocycles. The second kappa shape index (κ2) is 3.87. The van der Waals surface area contributed by atoms with Gasteiger partial charge in [-0.25, -0.2) is 0 Å². The molecule has 0 saturated heterocycles. The Balaban J connectivity index is 2.36. The second-order valence-electron chi connectivity index (χ2n) is 5.94. The summed E-state index contributed by atoms with van der Waals surface area (Å²) >= 11 is 0. The van der Waals surface area contributed by atoms with Crippen LogP contribution in [0.1, 0.15) is 46.5 Å². The monoisotopic (exact) mass is 217 g/mol. The second-order valence-corrected chi connectivity index (χ2v) is 5.94. The third-order valence-electron chi connectivity index (χ3n) is 4.79. The number of rotatable bonds is 1. The van der Waals surface area contributed by atoms with Gasteiger partial charge in [0.1, 0.15) is 0 Å². The van der Waals surface area contributed by atoms with Gasteiger partial charge in [-0.3, -0.25) is 0 Å². The summed E-state index contributed by atoms with van der Waals surface area (Å²) in [5.74, 6) is 1.23. The van der Waals surface area contributed by atoms with Crippen LogP contribution in [0, 0.1) is 22.7 Å². The lowest BCUT2D eigenvalue weighted by Gasteiger charge is -2.47. The van der Waals surface area contributed by atoms with Crippen molar-refractivity contribution in [3.8, 4) is 0 Å². The van der Waals surface area contributed by atoms with E-state index in [1.807, 2.05) is 0 Å². The molecule has 1 fully saturated rings. The average Bonchev–Trinajstić information content (AvgIpc) is 2.20. The van der Waals surface area contributed by atoms with Crippen molar-refractivity contribution in [2.24, 2.45) is 17.3 Å². The van der Waals surface area contributed by atoms with E-state index >= 15 is 0 Å². The largest absolute Gasteiger partial charge is 0.305 e. The van der Waals surface area contributed by atoms with Crippen LogP contribution in [0.3, 0.4) is 0 Å². The van der Waals surface area contributed by atoms with Crippen LogP contribution in [0.5, 0.6) is 0 Å². The first-order valence-electron chi connectivity index (χ1n) is 6.39. The zero-order valence-electron chi connectivity index (χ0n) is 10.8. The molecule has 3 unspecified atom stereocenters. The van der Waals surface area contributed by atoms with Crippen molar-refractivity contribution < 1.29 is 0 Å². The van der Waals surface area contributed by atoms with Crippen molar-refractivity contribution in [2.75, 3.05) is 0 Å². The molecule has 1 nitrogen and oxygen atoms in total. The number of nitrogens with one attached hydrogen (secondary N) is 1. The summed E-state index contributed by atoms with van der Waals surface area (Å²) in [4.78, 5) is 0. The van der Waals surface area contributed by atoms with E-state index in [0.29, 0.717) is 11.8 Å². The lowest BCUT2D eigenvalue weighted by Crippen LogP contribution is -2.40. The molecule has 0 radical (unpaired) electrons. The third-order valence-corrected chi connectivity index (χ3v) is 4.79. The first-order valence-corrected chi connectivity index (χ1v) is 6.39. The molecule has 16 heavy (non-hydrogen) atoms. The summed E-state index contributed by atoms with van der Waals surface area (Å²) in [5.41, 5.74) is 3.69. The molecular weight excluding hydrogens is 194 g/mol. The predicted octanol–water partition coefficient (Wildman–Crippen LogP) is 4.35. The topological polar surface area (TPSA) is 23.9 Å². The van der Waals surface area contributed by atoms with Crippen LogP contribution in [0.2, 0.25) is 0 Å². The summed E-state index contributed by atoms with van der Waals surface area (Å²) in [7, 11) is 0. The van der Waals surface area contributed by atoms with Crippen LogP contribution < -0.4 is 0 Å². The highest BCUT2D eigenvalue weighted by Gasteiger charge is 2.43. The van der Waals surface area contributed by atoms with E-state index < -0.39 is 0 Å². The van der Waals surface area contributed by atoms with Gasteiger partial charge in [0.2, 0.25) is 0 Å². The van der Waals surface area contributed by atoms with Crippen molar-refractivity contribution in [1.29, 1.82) is 5.41 Å². The van der Waals surface area contributed by atoms with E-state index in [0.717, 1.165) is 18.6 Å². The van der Waals surface area contributed by atoms with E-state index in [1.54, 1.807) is 0 Å². The summed E-state index contributed by atoms with van der Waals surface area (Å²) in [5, 5.41) is 8.24. The molecular formula is C15H23N. The molecule has 2 aliphatic rings. The molecule has 1 N–H and O–H groups in total. The molecule has 0 aromatic heterocycles. The summed E-state index contributed by atoms with van der Waals surface area (Å²) in [6.45, 7) is 10.9. The van der Waals surface area contributed by atoms with Crippen LogP contribution in [0.4, 0.5) is 0 Å². The minimum absolute atomic E-state index is 0.233. The minimum Gasteiger partial charge on any atom is -0.305 e. The molecule has 0 amide bonds. The van der Waals surface area contributed by atoms with Crippen molar-refractivity contribution in [1.82, 2.24) is 0 Å². The molecule has 1 heteroatoms. The summed E-state index contributed by atoms with van der Waals surface area (Å²) in [6.07, 6.45) is 6.85. The van der Waals surface area contributed by atoms with Crippen molar-refractivity contribution in [3.63, 3.8) is 0 Å². The molecule has 0 aromatic carbocycles. The van der Waals surface area contributed by atoms with Gasteiger partial charge in [0.25, 0.3) is 0 Å². The van der Waals surface area contributed by atoms with Gasteiger partial charge < -0.3 is 5.41 Å². The minimum atomic E-state index is 0.233. The zero-order valence-corrected chi connectivity index (χ0v) is 10.8. The Bertz CT molecular complexity index is 364. The molecule has 0 aliphatic heterocycles. The van der Waals surface area contributed by atoms with Crippen LogP contribution in [-0.4, -0.2) is 5.71 Å². The van der Waals surface area contributed by atoms with Gasteiger partial charge in [0.15, 0.2) is 0 Å². The van der Waals surface area contributed by atoms with E-state index in [9.17, 15) is 0 Å². The smallest absolute Gasteiger partial charge is 0.0354 e. The third kappa shape index (κ3) is 1.66. The van der Waals surface area contributed by atoms with Gasteiger partial charge >= 0.3 is 0 Å². The maximum Gasteiger partial charge on any atom is 0.0354 e. The van der Waals surface area contributed by atoms with Crippen LogP contribution >= 0.6 is 0 Å². The Labute approximate surface area is 99.1 Å². The van der Waals surface area contributed by atoms with Gasteiger partial charge in [-0.1, -0.05) is 32.1 Å². The molecule has 0 bridgehead atoms. The van der Waals surface area contributed by atoms with Crippen LogP contribution in [0.25, 0.3) is 0 Å². The standard InChI is InChI=1S/C15H23N/c1-10(2)12-8-14(16)13-7-5-6-11(3)15(13,4)9-12/h7,11-12,16H,1,5-6,8-9H2,2-4H3. The quantitative estimate of drug-likeness (QED) is 0.631. The zero-order chi connectivity index (χ0) is 11.9. The van der Waals surface area contributed by atoms with E-state index in [4.69, 9.17) is 5.41 Å². The number of hydrogen-bond donors (Lipinski definition) is 1. The molecule has 1 saturated carbocycles. The average molecular weight is 217 g/mol. The van der Waals surface area contributed by atoms with E-state index in [-0.39, 0.29) is 5.41 Å². The lowest BCUT2D eigenvalue weighted by atomic mass is 9.57. The molecule has 2 aliphatic carbocycles. The number of hydrogen-bond acceptors (Lipinski definition) is 1. The molecule has 2 rings (SSSR count). The fourth-order valence-electron chi connectivity index (χ4n) is 3.36. The summed E-state index contributed by atoms with van der Waals surface area (Å²) < 4.78 is 0. The fourth-order valence-corrected chi connectivity index (χ4v) is 3.36. The van der Waals surface area contributed by atoms with E-state index in [2.05, 4.69) is 33.4 Å². The van der Waals surface area contributed by atoms with Gasteiger partial charge in [0.05, 0.1) is 0 Å². The number of allylic oxidation sites excluding steroid dienone is 3. The molecule has 0 spiro atoms. The molecule has 3 atom stereocenters. The lowest BCUT2D eigenvalue weighted by molar-refractivity contribution is 0.184. The first-order chi connectivity index (χ1) is 7.45. The highest BCUT2D eigenvalue weighted by atomic mass is 14.6. The van der Waals surface area contributed by atoms with Crippen molar-refractivity contribution in [2.45, 2.75) is 46.5 Å². The van der Waals surface area contributed by atoms with E-state index in [1.165, 1.54) is 24.0 Å². The van der Waals surface area contributed by atoms with Gasteiger partial charge in [-0.05, 0) is 55.4 Å². The molecule has 0 aromatic rings.